The molecular weight excluding hydrogens is 499 g/mol. The van der Waals surface area contributed by atoms with Gasteiger partial charge in [0, 0.05) is 23.0 Å². The van der Waals surface area contributed by atoms with Crippen molar-refractivity contribution in [1.82, 2.24) is 9.88 Å². The number of nitrogens with one attached hydrogen (secondary N) is 1. The van der Waals surface area contributed by atoms with Gasteiger partial charge in [-0.2, -0.15) is 0 Å². The molecule has 2 aliphatic heterocycles. The zero-order valence-electron chi connectivity index (χ0n) is 15.8. The summed E-state index contributed by atoms with van der Waals surface area (Å²) < 4.78 is 16.0. The van der Waals surface area contributed by atoms with Crippen molar-refractivity contribution in [2.24, 2.45) is 0 Å². The van der Waals surface area contributed by atoms with E-state index in [9.17, 15) is 9.59 Å². The average Bonchev–Trinajstić information content (AvgIpc) is 3.40. The number of H-pyrrole nitrogens is 1. The van der Waals surface area contributed by atoms with Gasteiger partial charge in [-0.25, -0.2) is 4.79 Å². The normalized spacial score (nSPS) is 19.4. The number of aromatic amines is 1. The molecule has 0 saturated carbocycles. The van der Waals surface area contributed by atoms with Crippen LogP contribution in [0.3, 0.4) is 0 Å². The third-order valence-electron chi connectivity index (χ3n) is 5.62. The zero-order valence-corrected chi connectivity index (χ0v) is 17.9. The molecule has 0 bridgehead atoms. The van der Waals surface area contributed by atoms with Crippen LogP contribution >= 0.6 is 23.0 Å². The lowest BCUT2D eigenvalue weighted by atomic mass is 9.87. The third kappa shape index (κ3) is 2.85. The minimum Gasteiger partial charge on any atom is -0.454 e. The van der Waals surface area contributed by atoms with E-state index in [0.29, 0.717) is 17.9 Å². The van der Waals surface area contributed by atoms with E-state index in [1.54, 1.807) is 23.0 Å². The van der Waals surface area contributed by atoms with Crippen molar-refractivity contribution in [3.8, 4) is 11.5 Å². The topological polar surface area (TPSA) is 80.9 Å². The molecule has 152 valence electrons. The van der Waals surface area contributed by atoms with Crippen LogP contribution < -0.4 is 9.47 Å². The Hall–Kier alpha value is -3.01. The molecule has 8 heteroatoms. The van der Waals surface area contributed by atoms with Crippen molar-refractivity contribution < 1.29 is 22.1 Å². The molecule has 3 heterocycles. The first-order chi connectivity index (χ1) is 14.6. The van der Waals surface area contributed by atoms with Gasteiger partial charge in [0.05, 0.1) is 6.04 Å². The maximum atomic E-state index is 13.0. The highest BCUT2D eigenvalue weighted by Crippen LogP contribution is 2.44. The smallest absolute Gasteiger partial charge is 0.338 e. The molecule has 1 amide bonds. The zero-order chi connectivity index (χ0) is 20.8. The largest absolute Gasteiger partial charge is 0.454 e. The average molecular weight is 516 g/mol. The first kappa shape index (κ1) is 19.0. The Labute approximate surface area is 186 Å². The number of carbonyl (C=O) groups excluding carboxylic acids is 2. The summed E-state index contributed by atoms with van der Waals surface area (Å²) >= 11 is 1.57. The Bertz CT molecular complexity index is 1190. The Balaban J connectivity index is 1.76. The van der Waals surface area contributed by atoms with Crippen molar-refractivity contribution >= 4 is 45.8 Å². The molecule has 0 unspecified atom stereocenters. The van der Waals surface area contributed by atoms with Gasteiger partial charge in [-0.15, -0.1) is 0 Å². The fourth-order valence-electron chi connectivity index (χ4n) is 4.33. The first-order valence-electron chi connectivity index (χ1n) is 9.38. The van der Waals surface area contributed by atoms with Crippen LogP contribution in [-0.2, 0) is 19.1 Å². The maximum absolute atomic E-state index is 13.0. The molecule has 2 aromatic carbocycles. The van der Waals surface area contributed by atoms with Gasteiger partial charge in [-0.05, 0) is 35.4 Å². The van der Waals surface area contributed by atoms with Crippen molar-refractivity contribution in [3.63, 3.8) is 0 Å². The lowest BCUT2D eigenvalue weighted by Gasteiger charge is -2.40. The molecule has 0 spiro atoms. The molecule has 2 atom stereocenters. The second kappa shape index (κ2) is 7.35. The summed E-state index contributed by atoms with van der Waals surface area (Å²) in [7, 11) is 0. The van der Waals surface area contributed by atoms with E-state index in [0.717, 1.165) is 27.7 Å². The second-order valence-electron chi connectivity index (χ2n) is 7.14. The van der Waals surface area contributed by atoms with Crippen molar-refractivity contribution in [2.75, 3.05) is 6.79 Å². The molecule has 0 saturated heterocycles. The number of fused-ring (bicyclic) bond motifs is 4. The number of amides is 1. The van der Waals surface area contributed by atoms with Crippen LogP contribution in [0.5, 0.6) is 11.5 Å². The number of benzene rings is 2. The fourth-order valence-corrected chi connectivity index (χ4v) is 4.62. The number of ether oxygens (including phenoxy) is 2. The SMILES string of the molecule is C=CC(=O)N1[C@H](c2ccc3c(c2)OCO3)c2[nH]c3ccccc3c2C[C@@H]1C(=O)OI. The van der Waals surface area contributed by atoms with E-state index in [1.165, 1.54) is 11.0 Å². The molecule has 0 fully saturated rings. The highest BCUT2D eigenvalue weighted by molar-refractivity contribution is 14.1. The Morgan fingerprint density at radius 1 is 1.20 bits per heavy atom. The molecule has 7 nitrogen and oxygen atoms in total. The van der Waals surface area contributed by atoms with Crippen LogP contribution in [0.25, 0.3) is 10.9 Å². The van der Waals surface area contributed by atoms with Crippen LogP contribution in [-0.4, -0.2) is 34.6 Å². The summed E-state index contributed by atoms with van der Waals surface area (Å²) in [5.41, 5.74) is 3.60. The lowest BCUT2D eigenvalue weighted by Crippen LogP contribution is -2.51. The fraction of sp³-hybridized carbons (Fsp3) is 0.182. The number of hydrogen-bond donors (Lipinski definition) is 1. The minimum absolute atomic E-state index is 0.153. The molecule has 1 aromatic heterocycles. The molecule has 0 aliphatic carbocycles. The summed E-state index contributed by atoms with van der Waals surface area (Å²) in [6, 6.07) is 12.1. The van der Waals surface area contributed by atoms with Crippen LogP contribution in [0.4, 0.5) is 0 Å². The summed E-state index contributed by atoms with van der Waals surface area (Å²) in [6.07, 6.45) is 1.57. The Kier molecular flexibility index (Phi) is 4.65. The van der Waals surface area contributed by atoms with Gasteiger partial charge >= 0.3 is 5.97 Å². The van der Waals surface area contributed by atoms with E-state index < -0.39 is 18.1 Å². The molecule has 3 aromatic rings. The van der Waals surface area contributed by atoms with E-state index in [-0.39, 0.29) is 12.7 Å². The first-order valence-corrected chi connectivity index (χ1v) is 10.3. The molecular formula is C22H17IN2O5. The number of nitrogens with zero attached hydrogens (tertiary/aromatic N) is 1. The van der Waals surface area contributed by atoms with Crippen molar-refractivity contribution in [1.29, 1.82) is 0 Å². The van der Waals surface area contributed by atoms with E-state index in [2.05, 4.69) is 11.6 Å². The van der Waals surface area contributed by atoms with Gasteiger partial charge in [-0.3, -0.25) is 4.79 Å². The molecule has 2 aliphatic rings. The van der Waals surface area contributed by atoms with Gasteiger partial charge in [0.15, 0.2) is 34.5 Å². The third-order valence-corrected chi connectivity index (χ3v) is 6.06. The maximum Gasteiger partial charge on any atom is 0.338 e. The molecule has 0 radical (unpaired) electrons. The predicted octanol–water partition coefficient (Wildman–Crippen LogP) is 3.82. The number of carbonyl (C=O) groups is 2. The van der Waals surface area contributed by atoms with Gasteiger partial charge in [0.2, 0.25) is 12.7 Å². The van der Waals surface area contributed by atoms with Crippen LogP contribution in [0.2, 0.25) is 0 Å². The highest BCUT2D eigenvalue weighted by atomic mass is 127. The lowest BCUT2D eigenvalue weighted by molar-refractivity contribution is -0.146. The van der Waals surface area contributed by atoms with Crippen LogP contribution in [0.1, 0.15) is 22.9 Å². The molecule has 30 heavy (non-hydrogen) atoms. The predicted molar refractivity (Wildman–Crippen MR) is 117 cm³/mol. The van der Waals surface area contributed by atoms with Crippen molar-refractivity contribution in [3.05, 3.63) is 71.9 Å². The minimum atomic E-state index is -0.783. The van der Waals surface area contributed by atoms with Gasteiger partial charge < -0.3 is 22.4 Å². The van der Waals surface area contributed by atoms with E-state index in [4.69, 9.17) is 12.5 Å². The number of hydrogen-bond acceptors (Lipinski definition) is 5. The molecule has 1 N–H and O–H groups in total. The number of halogens is 1. The summed E-state index contributed by atoms with van der Waals surface area (Å²) in [4.78, 5) is 30.7. The second-order valence-corrected chi connectivity index (χ2v) is 7.58. The van der Waals surface area contributed by atoms with E-state index >= 15 is 0 Å². The van der Waals surface area contributed by atoms with Gasteiger partial charge in [0.25, 0.3) is 0 Å². The number of para-hydroxylation sites is 1. The standard InChI is InChI=1S/C22H17IN2O5/c1-2-19(26)25-16(22(27)30-23)10-14-13-5-3-4-6-15(13)24-20(14)21(25)12-7-8-17-18(9-12)29-11-28-17/h2-9,16,21,24H,1,10-11H2/t16-,21-/m1/s1. The summed E-state index contributed by atoms with van der Waals surface area (Å²) in [5, 5.41) is 1.02. The summed E-state index contributed by atoms with van der Waals surface area (Å²) in [6.45, 7) is 3.79. The number of rotatable bonds is 3. The van der Waals surface area contributed by atoms with Gasteiger partial charge in [-0.1, -0.05) is 30.8 Å². The quantitative estimate of drug-likeness (QED) is 0.423. The highest BCUT2D eigenvalue weighted by Gasteiger charge is 2.43. The van der Waals surface area contributed by atoms with Crippen LogP contribution in [0.15, 0.2) is 55.1 Å². The number of aromatic nitrogens is 1. The Morgan fingerprint density at radius 3 is 2.80 bits per heavy atom. The monoisotopic (exact) mass is 516 g/mol. The van der Waals surface area contributed by atoms with Crippen molar-refractivity contribution in [2.45, 2.75) is 18.5 Å². The van der Waals surface area contributed by atoms with Crippen LogP contribution in [0, 0.1) is 0 Å². The summed E-state index contributed by atoms with van der Waals surface area (Å²) in [5.74, 6) is 0.423. The van der Waals surface area contributed by atoms with Gasteiger partial charge in [0.1, 0.15) is 6.04 Å². The molecule has 5 rings (SSSR count). The Morgan fingerprint density at radius 2 is 2.00 bits per heavy atom. The van der Waals surface area contributed by atoms with E-state index in [1.807, 2.05) is 42.5 Å².